The predicted molar refractivity (Wildman–Crippen MR) is 85.4 cm³/mol. The van der Waals surface area contributed by atoms with Gasteiger partial charge in [0.2, 0.25) is 5.89 Å². The van der Waals surface area contributed by atoms with E-state index in [0.29, 0.717) is 24.1 Å². The molecule has 0 atom stereocenters. The Morgan fingerprint density at radius 2 is 1.91 bits per heavy atom. The van der Waals surface area contributed by atoms with Crippen molar-refractivity contribution in [3.63, 3.8) is 0 Å². The molecule has 22 heavy (non-hydrogen) atoms. The minimum atomic E-state index is 0.415. The maximum atomic E-state index is 5.61. The van der Waals surface area contributed by atoms with Gasteiger partial charge in [0.1, 0.15) is 0 Å². The van der Waals surface area contributed by atoms with Crippen molar-refractivity contribution in [3.05, 3.63) is 54.1 Å². The van der Waals surface area contributed by atoms with E-state index in [1.165, 1.54) is 10.5 Å². The standard InChI is InChI=1S/C16H17N3O2S/c1-19(10-12-5-7-13(22-2)8-6-12)11-15-17-18-16(21-15)14-4-3-9-20-14/h3-9H,10-11H2,1-2H3. The SMILES string of the molecule is CSc1ccc(CN(C)Cc2nnc(-c3ccco3)o2)cc1. The fraction of sp³-hybridized carbons (Fsp3) is 0.250. The van der Waals surface area contributed by atoms with E-state index >= 15 is 0 Å². The quantitative estimate of drug-likeness (QED) is 0.647. The molecule has 0 amide bonds. The Bertz CT molecular complexity index is 707. The molecule has 0 fully saturated rings. The third-order valence-corrected chi connectivity index (χ3v) is 3.96. The Morgan fingerprint density at radius 3 is 2.59 bits per heavy atom. The molecule has 6 heteroatoms. The molecule has 0 radical (unpaired) electrons. The Kier molecular flexibility index (Phi) is 4.60. The van der Waals surface area contributed by atoms with Crippen LogP contribution in [0.1, 0.15) is 11.5 Å². The van der Waals surface area contributed by atoms with Crippen LogP contribution in [0.4, 0.5) is 0 Å². The molecular formula is C16H17N3O2S. The van der Waals surface area contributed by atoms with Gasteiger partial charge in [-0.2, -0.15) is 0 Å². The second kappa shape index (κ2) is 6.81. The van der Waals surface area contributed by atoms with Crippen molar-refractivity contribution in [1.29, 1.82) is 0 Å². The Hall–Kier alpha value is -2.05. The Morgan fingerprint density at radius 1 is 1.09 bits per heavy atom. The van der Waals surface area contributed by atoms with Crippen LogP contribution in [0.15, 0.2) is 56.4 Å². The van der Waals surface area contributed by atoms with Crippen molar-refractivity contribution in [3.8, 4) is 11.7 Å². The minimum absolute atomic E-state index is 0.415. The number of furan rings is 1. The Balaban J connectivity index is 1.60. The summed E-state index contributed by atoms with van der Waals surface area (Å²) in [5.41, 5.74) is 1.26. The van der Waals surface area contributed by atoms with E-state index < -0.39 is 0 Å². The third kappa shape index (κ3) is 3.58. The summed E-state index contributed by atoms with van der Waals surface area (Å²) >= 11 is 1.74. The molecule has 0 saturated carbocycles. The first kappa shape index (κ1) is 14.9. The van der Waals surface area contributed by atoms with Gasteiger partial charge in [0.05, 0.1) is 12.8 Å². The van der Waals surface area contributed by atoms with Gasteiger partial charge in [0.25, 0.3) is 5.89 Å². The maximum absolute atomic E-state index is 5.61. The van der Waals surface area contributed by atoms with E-state index in [9.17, 15) is 0 Å². The fourth-order valence-corrected chi connectivity index (χ4v) is 2.55. The molecule has 5 nitrogen and oxygen atoms in total. The van der Waals surface area contributed by atoms with Gasteiger partial charge in [-0.15, -0.1) is 22.0 Å². The van der Waals surface area contributed by atoms with Gasteiger partial charge in [-0.3, -0.25) is 4.90 Å². The van der Waals surface area contributed by atoms with Crippen LogP contribution in [0.2, 0.25) is 0 Å². The molecule has 0 aliphatic heterocycles. The molecule has 3 aromatic rings. The van der Waals surface area contributed by atoms with E-state index in [0.717, 1.165) is 6.54 Å². The summed E-state index contributed by atoms with van der Waals surface area (Å²) in [6.07, 6.45) is 3.66. The second-order valence-corrected chi connectivity index (χ2v) is 5.88. The van der Waals surface area contributed by atoms with Crippen LogP contribution in [0.25, 0.3) is 11.7 Å². The average molecular weight is 315 g/mol. The zero-order valence-electron chi connectivity index (χ0n) is 12.5. The van der Waals surface area contributed by atoms with Crippen molar-refractivity contribution < 1.29 is 8.83 Å². The van der Waals surface area contributed by atoms with E-state index in [1.54, 1.807) is 30.2 Å². The topological polar surface area (TPSA) is 55.3 Å². The van der Waals surface area contributed by atoms with Crippen LogP contribution in [-0.2, 0) is 13.1 Å². The highest BCUT2D eigenvalue weighted by Crippen LogP contribution is 2.19. The summed E-state index contributed by atoms with van der Waals surface area (Å²) < 4.78 is 10.9. The molecule has 0 saturated heterocycles. The molecule has 1 aromatic carbocycles. The lowest BCUT2D eigenvalue weighted by Gasteiger charge is -2.14. The number of hydrogen-bond donors (Lipinski definition) is 0. The number of nitrogens with zero attached hydrogens (tertiary/aromatic N) is 3. The molecule has 3 rings (SSSR count). The van der Waals surface area contributed by atoms with Gasteiger partial charge < -0.3 is 8.83 Å². The summed E-state index contributed by atoms with van der Waals surface area (Å²) in [4.78, 5) is 3.40. The zero-order chi connectivity index (χ0) is 15.4. The second-order valence-electron chi connectivity index (χ2n) is 5.00. The van der Waals surface area contributed by atoms with Crippen LogP contribution in [-0.4, -0.2) is 28.4 Å². The number of thioether (sulfide) groups is 1. The largest absolute Gasteiger partial charge is 0.459 e. The van der Waals surface area contributed by atoms with Crippen molar-refractivity contribution in [2.24, 2.45) is 0 Å². The smallest absolute Gasteiger partial charge is 0.283 e. The van der Waals surface area contributed by atoms with E-state index in [1.807, 2.05) is 7.05 Å². The monoisotopic (exact) mass is 315 g/mol. The van der Waals surface area contributed by atoms with Crippen LogP contribution >= 0.6 is 11.8 Å². The van der Waals surface area contributed by atoms with Crippen molar-refractivity contribution in [2.45, 2.75) is 18.0 Å². The summed E-state index contributed by atoms with van der Waals surface area (Å²) in [5.74, 6) is 1.58. The molecule has 0 aliphatic rings. The van der Waals surface area contributed by atoms with Gasteiger partial charge in [-0.25, -0.2) is 0 Å². The number of benzene rings is 1. The minimum Gasteiger partial charge on any atom is -0.459 e. The molecule has 0 aliphatic carbocycles. The van der Waals surface area contributed by atoms with Crippen molar-refractivity contribution in [2.75, 3.05) is 13.3 Å². The van der Waals surface area contributed by atoms with Gasteiger partial charge in [-0.05, 0) is 43.1 Å². The van der Waals surface area contributed by atoms with E-state index in [2.05, 4.69) is 45.6 Å². The van der Waals surface area contributed by atoms with Gasteiger partial charge >= 0.3 is 0 Å². The van der Waals surface area contributed by atoms with Crippen LogP contribution in [0.5, 0.6) is 0 Å². The van der Waals surface area contributed by atoms with Gasteiger partial charge in [0.15, 0.2) is 5.76 Å². The lowest BCUT2D eigenvalue weighted by atomic mass is 10.2. The molecule has 0 unspecified atom stereocenters. The molecule has 2 aromatic heterocycles. The summed E-state index contributed by atoms with van der Waals surface area (Å²) in [5, 5.41) is 8.06. The first-order valence-electron chi connectivity index (χ1n) is 6.92. The van der Waals surface area contributed by atoms with Crippen molar-refractivity contribution in [1.82, 2.24) is 15.1 Å². The molecule has 2 heterocycles. The summed E-state index contributed by atoms with van der Waals surface area (Å²) in [6.45, 7) is 1.42. The third-order valence-electron chi connectivity index (χ3n) is 3.22. The number of rotatable bonds is 6. The van der Waals surface area contributed by atoms with Crippen LogP contribution in [0.3, 0.4) is 0 Å². The zero-order valence-corrected chi connectivity index (χ0v) is 13.3. The number of aromatic nitrogens is 2. The van der Waals surface area contributed by atoms with Gasteiger partial charge in [-0.1, -0.05) is 12.1 Å². The molecule has 0 spiro atoms. The predicted octanol–water partition coefficient (Wildman–Crippen LogP) is 3.68. The maximum Gasteiger partial charge on any atom is 0.283 e. The molecule has 0 bridgehead atoms. The summed E-state index contributed by atoms with van der Waals surface area (Å²) in [6, 6.07) is 12.2. The highest BCUT2D eigenvalue weighted by Gasteiger charge is 2.12. The highest BCUT2D eigenvalue weighted by atomic mass is 32.2. The Labute approximate surface area is 133 Å². The van der Waals surface area contributed by atoms with Crippen LogP contribution in [0, 0.1) is 0 Å². The number of hydrogen-bond acceptors (Lipinski definition) is 6. The fourth-order valence-electron chi connectivity index (χ4n) is 2.15. The van der Waals surface area contributed by atoms with E-state index in [-0.39, 0.29) is 0 Å². The van der Waals surface area contributed by atoms with Crippen molar-refractivity contribution >= 4 is 11.8 Å². The lowest BCUT2D eigenvalue weighted by molar-refractivity contribution is 0.282. The highest BCUT2D eigenvalue weighted by molar-refractivity contribution is 7.98. The molecular weight excluding hydrogens is 298 g/mol. The molecule has 0 N–H and O–H groups in total. The molecule has 114 valence electrons. The first-order valence-corrected chi connectivity index (χ1v) is 8.15. The normalized spacial score (nSPS) is 11.2. The van der Waals surface area contributed by atoms with Gasteiger partial charge in [0, 0.05) is 11.4 Å². The first-order chi connectivity index (χ1) is 10.7. The van der Waals surface area contributed by atoms with E-state index in [4.69, 9.17) is 8.83 Å². The summed E-state index contributed by atoms with van der Waals surface area (Å²) in [7, 11) is 2.03. The van der Waals surface area contributed by atoms with Crippen LogP contribution < -0.4 is 0 Å². The lowest BCUT2D eigenvalue weighted by Crippen LogP contribution is -2.17. The average Bonchev–Trinajstić information content (AvgIpc) is 3.19.